The molecule has 0 N–H and O–H groups in total. The number of hydrogen-bond acceptors (Lipinski definition) is 6. The van der Waals surface area contributed by atoms with E-state index in [2.05, 4.69) is 40.2 Å². The molecule has 0 aliphatic carbocycles. The van der Waals surface area contributed by atoms with E-state index in [4.69, 9.17) is 9.26 Å². The first-order chi connectivity index (χ1) is 13.7. The van der Waals surface area contributed by atoms with E-state index < -0.39 is 0 Å². The molecule has 0 unspecified atom stereocenters. The number of hydrogen-bond donors (Lipinski definition) is 0. The number of ether oxygens (including phenoxy) is 1. The highest BCUT2D eigenvalue weighted by atomic mass is 16.5. The normalized spacial score (nSPS) is 19.8. The molecule has 4 rings (SSSR count). The van der Waals surface area contributed by atoms with E-state index in [1.807, 2.05) is 4.90 Å². The molecule has 1 aromatic carbocycles. The van der Waals surface area contributed by atoms with Gasteiger partial charge < -0.3 is 14.2 Å². The summed E-state index contributed by atoms with van der Waals surface area (Å²) >= 11 is 0. The van der Waals surface area contributed by atoms with Crippen LogP contribution in [-0.2, 0) is 22.4 Å². The Kier molecular flexibility index (Phi) is 5.73. The molecule has 0 saturated carbocycles. The van der Waals surface area contributed by atoms with Crippen LogP contribution in [-0.4, -0.2) is 54.3 Å². The van der Waals surface area contributed by atoms with Crippen molar-refractivity contribution in [2.75, 3.05) is 38.3 Å². The number of carbonyl (C=O) groups excluding carboxylic acids is 1. The lowest BCUT2D eigenvalue weighted by atomic mass is 9.99. The fraction of sp³-hybridized carbons (Fsp3) is 0.571. The first-order valence-electron chi connectivity index (χ1n) is 10.1. The predicted octanol–water partition coefficient (Wildman–Crippen LogP) is 2.68. The minimum Gasteiger partial charge on any atom is -0.384 e. The third-order valence-electron chi connectivity index (χ3n) is 5.66. The van der Waals surface area contributed by atoms with Crippen LogP contribution >= 0.6 is 0 Å². The van der Waals surface area contributed by atoms with E-state index in [1.54, 1.807) is 7.11 Å². The highest BCUT2D eigenvalue weighted by Gasteiger charge is 2.33. The second-order valence-corrected chi connectivity index (χ2v) is 7.70. The molecule has 1 aromatic heterocycles. The Morgan fingerprint density at radius 1 is 1.32 bits per heavy atom. The summed E-state index contributed by atoms with van der Waals surface area (Å²) in [7, 11) is 1.66. The molecule has 7 heteroatoms. The van der Waals surface area contributed by atoms with Crippen LogP contribution < -0.4 is 4.90 Å². The van der Waals surface area contributed by atoms with Gasteiger partial charge in [0.1, 0.15) is 0 Å². The number of anilines is 1. The van der Waals surface area contributed by atoms with E-state index >= 15 is 0 Å². The summed E-state index contributed by atoms with van der Waals surface area (Å²) in [5, 5.41) is 4.05. The molecular formula is C21H28N4O3. The highest BCUT2D eigenvalue weighted by molar-refractivity contribution is 5.96. The number of aromatic nitrogens is 2. The lowest BCUT2D eigenvalue weighted by Crippen LogP contribution is -2.42. The second-order valence-electron chi connectivity index (χ2n) is 7.70. The third kappa shape index (κ3) is 3.95. The van der Waals surface area contributed by atoms with Crippen molar-refractivity contribution in [2.45, 2.75) is 45.1 Å². The standard InChI is InChI=1S/C21H28N4O3/c1-15-7-8-17-16(13-15)5-3-11-25(17)20(26)14-24-10-4-6-18(24)21-22-19(23-28-21)9-12-27-2/h7-8,13,18H,3-6,9-12,14H2,1-2H3/t18-/m1/s1. The molecule has 0 spiro atoms. The van der Waals surface area contributed by atoms with Gasteiger partial charge in [0.05, 0.1) is 19.2 Å². The molecule has 150 valence electrons. The van der Waals surface area contributed by atoms with Gasteiger partial charge in [-0.1, -0.05) is 22.9 Å². The van der Waals surface area contributed by atoms with E-state index in [-0.39, 0.29) is 11.9 Å². The van der Waals surface area contributed by atoms with Crippen molar-refractivity contribution in [1.82, 2.24) is 15.0 Å². The van der Waals surface area contributed by atoms with Crippen molar-refractivity contribution < 1.29 is 14.1 Å². The van der Waals surface area contributed by atoms with Crippen LogP contribution in [0.4, 0.5) is 5.69 Å². The molecule has 1 saturated heterocycles. The minimum absolute atomic E-state index is 0.0232. The molecule has 2 aromatic rings. The van der Waals surface area contributed by atoms with Crippen molar-refractivity contribution in [3.8, 4) is 0 Å². The number of likely N-dealkylation sites (tertiary alicyclic amines) is 1. The number of carbonyl (C=O) groups is 1. The van der Waals surface area contributed by atoms with Crippen molar-refractivity contribution in [3.05, 3.63) is 41.0 Å². The van der Waals surface area contributed by atoms with Gasteiger partial charge in [-0.25, -0.2) is 0 Å². The second kappa shape index (κ2) is 8.41. The van der Waals surface area contributed by atoms with E-state index in [1.165, 1.54) is 11.1 Å². The molecule has 3 heterocycles. The summed E-state index contributed by atoms with van der Waals surface area (Å²) in [6.45, 7) is 4.71. The van der Waals surface area contributed by atoms with Gasteiger partial charge >= 0.3 is 0 Å². The predicted molar refractivity (Wildman–Crippen MR) is 105 cm³/mol. The number of benzene rings is 1. The fourth-order valence-corrected chi connectivity index (χ4v) is 4.24. The van der Waals surface area contributed by atoms with Crippen LogP contribution in [0.3, 0.4) is 0 Å². The number of amides is 1. The quantitative estimate of drug-likeness (QED) is 0.763. The molecule has 2 aliphatic rings. The average Bonchev–Trinajstić information content (AvgIpc) is 3.34. The van der Waals surface area contributed by atoms with E-state index in [0.29, 0.717) is 31.3 Å². The van der Waals surface area contributed by atoms with Gasteiger partial charge in [-0.2, -0.15) is 4.98 Å². The molecule has 1 amide bonds. The van der Waals surface area contributed by atoms with Crippen LogP contribution in [0.5, 0.6) is 0 Å². The van der Waals surface area contributed by atoms with Gasteiger partial charge in [-0.05, 0) is 50.8 Å². The van der Waals surface area contributed by atoms with Crippen LogP contribution in [0, 0.1) is 6.92 Å². The molecule has 1 fully saturated rings. The maximum absolute atomic E-state index is 13.1. The largest absolute Gasteiger partial charge is 0.384 e. The Labute approximate surface area is 165 Å². The van der Waals surface area contributed by atoms with Crippen LogP contribution in [0.25, 0.3) is 0 Å². The first kappa shape index (κ1) is 19.1. The van der Waals surface area contributed by atoms with Crippen LogP contribution in [0.2, 0.25) is 0 Å². The Balaban J connectivity index is 1.45. The molecule has 1 atom stereocenters. The SMILES string of the molecule is COCCc1noc([C@H]2CCCN2CC(=O)N2CCCc3cc(C)ccc32)n1. The molecule has 0 bridgehead atoms. The summed E-state index contributed by atoms with van der Waals surface area (Å²) in [4.78, 5) is 21.8. The summed E-state index contributed by atoms with van der Waals surface area (Å²) in [6, 6.07) is 6.40. The van der Waals surface area contributed by atoms with E-state index in [0.717, 1.165) is 44.5 Å². The van der Waals surface area contributed by atoms with Crippen molar-refractivity contribution in [1.29, 1.82) is 0 Å². The zero-order chi connectivity index (χ0) is 19.5. The zero-order valence-corrected chi connectivity index (χ0v) is 16.7. The van der Waals surface area contributed by atoms with Crippen LogP contribution in [0.15, 0.2) is 22.7 Å². The van der Waals surface area contributed by atoms with Gasteiger partial charge in [0.15, 0.2) is 5.82 Å². The minimum atomic E-state index is 0.0232. The van der Waals surface area contributed by atoms with Gasteiger partial charge in [0.25, 0.3) is 0 Å². The van der Waals surface area contributed by atoms with Gasteiger partial charge in [0, 0.05) is 25.8 Å². The summed E-state index contributed by atoms with van der Waals surface area (Å²) in [5.74, 6) is 1.43. The molecular weight excluding hydrogens is 356 g/mol. The first-order valence-corrected chi connectivity index (χ1v) is 10.1. The fourth-order valence-electron chi connectivity index (χ4n) is 4.24. The van der Waals surface area contributed by atoms with Crippen LogP contribution in [0.1, 0.15) is 48.1 Å². The van der Waals surface area contributed by atoms with Crippen molar-refractivity contribution >= 4 is 11.6 Å². The van der Waals surface area contributed by atoms with Gasteiger partial charge in [0.2, 0.25) is 11.8 Å². The highest BCUT2D eigenvalue weighted by Crippen LogP contribution is 2.32. The molecule has 28 heavy (non-hydrogen) atoms. The number of aryl methyl sites for hydroxylation is 2. The van der Waals surface area contributed by atoms with Crippen molar-refractivity contribution in [2.24, 2.45) is 0 Å². The maximum Gasteiger partial charge on any atom is 0.244 e. The zero-order valence-electron chi connectivity index (χ0n) is 16.7. The monoisotopic (exact) mass is 384 g/mol. The summed E-state index contributed by atoms with van der Waals surface area (Å²) in [6.07, 6.45) is 4.66. The van der Waals surface area contributed by atoms with Crippen molar-refractivity contribution in [3.63, 3.8) is 0 Å². The Hall–Kier alpha value is -2.25. The van der Waals surface area contributed by atoms with Gasteiger partial charge in [-0.3, -0.25) is 9.69 Å². The Bertz CT molecular complexity index is 835. The Morgan fingerprint density at radius 2 is 2.21 bits per heavy atom. The summed E-state index contributed by atoms with van der Waals surface area (Å²) < 4.78 is 10.6. The number of fused-ring (bicyclic) bond motifs is 1. The smallest absolute Gasteiger partial charge is 0.244 e. The molecule has 7 nitrogen and oxygen atoms in total. The topological polar surface area (TPSA) is 71.7 Å². The Morgan fingerprint density at radius 3 is 3.07 bits per heavy atom. The number of methoxy groups -OCH3 is 1. The third-order valence-corrected chi connectivity index (χ3v) is 5.66. The lowest BCUT2D eigenvalue weighted by molar-refractivity contribution is -0.120. The molecule has 0 radical (unpaired) electrons. The molecule has 2 aliphatic heterocycles. The van der Waals surface area contributed by atoms with Gasteiger partial charge in [-0.15, -0.1) is 0 Å². The maximum atomic E-state index is 13.1. The lowest BCUT2D eigenvalue weighted by Gasteiger charge is -2.32. The summed E-state index contributed by atoms with van der Waals surface area (Å²) in [5.41, 5.74) is 3.59. The van der Waals surface area contributed by atoms with E-state index in [9.17, 15) is 4.79 Å². The number of rotatable bonds is 6. The average molecular weight is 384 g/mol. The number of nitrogens with zero attached hydrogens (tertiary/aromatic N) is 4.